The molecule has 3 aromatic carbocycles. The van der Waals surface area contributed by atoms with E-state index in [0.29, 0.717) is 66.9 Å². The summed E-state index contributed by atoms with van der Waals surface area (Å²) in [6, 6.07) is 11.0. The number of likely N-dealkylation sites (tertiary alicyclic amines) is 1. The minimum atomic E-state index is -1.42. The molecule has 0 bridgehead atoms. The molecule has 9 atom stereocenters. The highest BCUT2D eigenvalue weighted by Gasteiger charge is 2.42. The predicted molar refractivity (Wildman–Crippen MR) is 393 cm³/mol. The fraction of sp³-hybridized carbons (Fsp3) is 0.595. The predicted octanol–water partition coefficient (Wildman–Crippen LogP) is 5.65. The van der Waals surface area contributed by atoms with Gasteiger partial charge in [-0.05, 0) is 132 Å². The van der Waals surface area contributed by atoms with Gasteiger partial charge in [0.2, 0.25) is 70.9 Å². The lowest BCUT2D eigenvalue weighted by atomic mass is 9.95. The van der Waals surface area contributed by atoms with E-state index in [0.717, 1.165) is 30.3 Å². The Balaban J connectivity index is 1.67. The van der Waals surface area contributed by atoms with Crippen LogP contribution >= 0.6 is 34.2 Å². The molecule has 2 fully saturated rings. The van der Waals surface area contributed by atoms with E-state index in [4.69, 9.17) is 11.6 Å². The quantitative estimate of drug-likeness (QED) is 0.127. The largest absolute Gasteiger partial charge is 0.343 e. The molecule has 2 saturated heterocycles. The summed E-state index contributed by atoms with van der Waals surface area (Å²) in [6.07, 6.45) is 3.34. The minimum absolute atomic E-state index is 0.0304. The average molecular weight is 1520 g/mol. The summed E-state index contributed by atoms with van der Waals surface area (Å²) in [5, 5.41) is 12.1. The molecule has 24 nitrogen and oxygen atoms in total. The highest BCUT2D eigenvalue weighted by Crippen LogP contribution is 2.24. The number of rotatable bonds is 16. The van der Waals surface area contributed by atoms with Crippen molar-refractivity contribution in [1.29, 1.82) is 0 Å². The summed E-state index contributed by atoms with van der Waals surface area (Å²) in [6.45, 7) is 13.9. The van der Waals surface area contributed by atoms with Crippen molar-refractivity contribution in [3.8, 4) is 0 Å². The fourth-order valence-corrected chi connectivity index (χ4v) is 13.2. The Morgan fingerprint density at radius 2 is 1.13 bits per heavy atom. The molecule has 12 amide bonds. The van der Waals surface area contributed by atoms with Crippen molar-refractivity contribution >= 4 is 105 Å². The number of carbonyl (C=O) groups is 12. The maximum atomic E-state index is 15.4. The zero-order valence-electron chi connectivity index (χ0n) is 61.2. The van der Waals surface area contributed by atoms with Gasteiger partial charge in [0, 0.05) is 90.3 Å². The van der Waals surface area contributed by atoms with Crippen LogP contribution in [-0.4, -0.2) is 240 Å². The van der Waals surface area contributed by atoms with E-state index in [9.17, 15) is 28.8 Å². The van der Waals surface area contributed by atoms with Gasteiger partial charge in [0.25, 0.3) is 0 Å². The van der Waals surface area contributed by atoms with Crippen LogP contribution in [0.15, 0.2) is 72.8 Å². The molecular weight excluding hydrogens is 1410 g/mol. The minimum Gasteiger partial charge on any atom is -0.343 e. The fourth-order valence-electron chi connectivity index (χ4n) is 12.5. The summed E-state index contributed by atoms with van der Waals surface area (Å²) in [5.74, 6) is -8.88. The van der Waals surface area contributed by atoms with Gasteiger partial charge in [-0.2, -0.15) is 0 Å². The number of nitrogens with one attached hydrogen (secondary N) is 4. The molecule has 2 aliphatic heterocycles. The van der Waals surface area contributed by atoms with Crippen LogP contribution < -0.4 is 21.3 Å². The van der Waals surface area contributed by atoms with Crippen LogP contribution in [0.3, 0.4) is 0 Å². The topological polar surface area (TPSA) is 279 Å². The molecule has 4 N–H and O–H groups in total. The van der Waals surface area contributed by atoms with E-state index in [1.807, 2.05) is 84.9 Å². The van der Waals surface area contributed by atoms with Crippen LogP contribution in [0, 0.1) is 28.2 Å². The molecule has 3 aromatic rings. The molecule has 2 aliphatic rings. The van der Waals surface area contributed by atoms with Crippen LogP contribution in [0.4, 0.5) is 0 Å². The van der Waals surface area contributed by atoms with E-state index in [1.54, 1.807) is 48.2 Å². The zero-order valence-corrected chi connectivity index (χ0v) is 64.2. The van der Waals surface area contributed by atoms with Gasteiger partial charge in [0.15, 0.2) is 0 Å². The Hall–Kier alpha value is -7.68. The molecule has 0 radical (unpaired) electrons. The Morgan fingerprint density at radius 1 is 0.540 bits per heavy atom. The van der Waals surface area contributed by atoms with Crippen molar-refractivity contribution in [2.75, 3.05) is 82.1 Å². The monoisotopic (exact) mass is 1520 g/mol. The molecule has 2 heterocycles. The van der Waals surface area contributed by atoms with E-state index < -0.39 is 151 Å². The summed E-state index contributed by atoms with van der Waals surface area (Å²) >= 11 is 8.40. The van der Waals surface area contributed by atoms with Crippen LogP contribution in [0.25, 0.3) is 0 Å². The third-order valence-electron chi connectivity index (χ3n) is 19.1. The first-order chi connectivity index (χ1) is 47.2. The number of unbranched alkanes of at least 4 members (excludes halogenated alkanes) is 1. The van der Waals surface area contributed by atoms with Crippen molar-refractivity contribution in [1.82, 2.24) is 60.5 Å². The van der Waals surface area contributed by atoms with Crippen molar-refractivity contribution in [2.45, 2.75) is 187 Å². The molecule has 5 rings (SSSR count). The van der Waals surface area contributed by atoms with Gasteiger partial charge in [-0.1, -0.05) is 128 Å². The molecule has 550 valence electrons. The molecule has 0 saturated carbocycles. The first-order valence-electron chi connectivity index (χ1n) is 35.0. The van der Waals surface area contributed by atoms with E-state index >= 15 is 28.8 Å². The third-order valence-corrected chi connectivity index (χ3v) is 20.0. The second-order valence-electron chi connectivity index (χ2n) is 28.0. The number of halogens is 2. The molecule has 0 aromatic heterocycles. The van der Waals surface area contributed by atoms with Crippen LogP contribution in [0.2, 0.25) is 5.02 Å². The van der Waals surface area contributed by atoms with Gasteiger partial charge in [0.1, 0.15) is 48.3 Å². The zero-order chi connectivity index (χ0) is 74.4. The van der Waals surface area contributed by atoms with Crippen molar-refractivity contribution in [3.05, 3.63) is 104 Å². The number of hydrogen-bond acceptors (Lipinski definition) is 12. The lowest BCUT2D eigenvalue weighted by Crippen LogP contribution is -2.61. The molecule has 0 aliphatic carbocycles. The van der Waals surface area contributed by atoms with E-state index in [1.165, 1.54) is 68.9 Å². The summed E-state index contributed by atoms with van der Waals surface area (Å²) in [5.41, 5.74) is 2.80. The highest BCUT2D eigenvalue weighted by atomic mass is 127. The normalized spacial score (nSPS) is 23.4. The van der Waals surface area contributed by atoms with Gasteiger partial charge in [0.05, 0.1) is 26.1 Å². The van der Waals surface area contributed by atoms with Gasteiger partial charge in [-0.25, -0.2) is 0 Å². The molecule has 0 spiro atoms. The van der Waals surface area contributed by atoms with Crippen molar-refractivity contribution in [3.63, 3.8) is 0 Å². The van der Waals surface area contributed by atoms with Crippen LogP contribution in [0.5, 0.6) is 0 Å². The maximum absolute atomic E-state index is 15.4. The Kier molecular flexibility index (Phi) is 32.8. The first kappa shape index (κ1) is 83.0. The molecule has 1 unspecified atom stereocenters. The number of nitrogens with zero attached hydrogens (tertiary/aromatic N) is 8. The lowest BCUT2D eigenvalue weighted by Gasteiger charge is -2.38. The summed E-state index contributed by atoms with van der Waals surface area (Å²) in [4.78, 5) is 189. The highest BCUT2D eigenvalue weighted by molar-refractivity contribution is 14.1. The third kappa shape index (κ3) is 24.0. The summed E-state index contributed by atoms with van der Waals surface area (Å²) < 4.78 is 0.843. The molecule has 26 heteroatoms. The SMILES string of the molecule is CCCC[C@@H]1NC(=O)[C@H](Cc2cccc(I)c2)NC(=O)CN(C)C(=O)[C@H](Cc2ccc(Cl)cc2)N(C)C(=O)CN(C)C(=O)CN(C)C(=O)[C@H]([C@@H](C)CC)NC(=O)[C@H](CC(C)C)N(C)C(=O)CC(C(=O)N2CCCCC2)N(C)C(=O)[C@H](CC(C)C)NC(=O)[C@H](Cc2ccccc2C)N(C)C1=O. The number of amides is 12. The maximum Gasteiger partial charge on any atom is 0.245 e. The van der Waals surface area contributed by atoms with Gasteiger partial charge < -0.3 is 60.5 Å². The number of carbonyl (C=O) groups excluding carboxylic acids is 12. The van der Waals surface area contributed by atoms with E-state index in [2.05, 4.69) is 43.9 Å². The second-order valence-corrected chi connectivity index (χ2v) is 29.7. The number of likely N-dealkylation sites (N-methyl/N-ethyl adjacent to an activating group) is 7. The smallest absolute Gasteiger partial charge is 0.245 e. The first-order valence-corrected chi connectivity index (χ1v) is 36.4. The molecular formula is C74H108ClIN12O12. The van der Waals surface area contributed by atoms with Crippen molar-refractivity contribution in [2.24, 2.45) is 17.8 Å². The Labute approximate surface area is 610 Å². The number of aryl methyl sites for hydroxylation is 1. The lowest BCUT2D eigenvalue weighted by molar-refractivity contribution is -0.151. The van der Waals surface area contributed by atoms with Crippen LogP contribution in [0.1, 0.15) is 135 Å². The Bertz CT molecular complexity index is 3350. The average Bonchev–Trinajstić information content (AvgIpc) is 0.822. The number of hydrogen-bond donors (Lipinski definition) is 4. The van der Waals surface area contributed by atoms with Crippen molar-refractivity contribution < 1.29 is 57.5 Å². The van der Waals surface area contributed by atoms with Gasteiger partial charge >= 0.3 is 0 Å². The van der Waals surface area contributed by atoms with Gasteiger partial charge in [-0.3, -0.25) is 57.5 Å². The van der Waals surface area contributed by atoms with Gasteiger partial charge in [-0.15, -0.1) is 0 Å². The summed E-state index contributed by atoms with van der Waals surface area (Å²) in [7, 11) is 9.86. The number of benzene rings is 3. The second kappa shape index (κ2) is 39.5. The number of piperidine rings is 1. The van der Waals surface area contributed by atoms with Crippen LogP contribution in [-0.2, 0) is 76.8 Å². The molecule has 100 heavy (non-hydrogen) atoms. The van der Waals surface area contributed by atoms with E-state index in [-0.39, 0.29) is 50.4 Å². The Morgan fingerprint density at radius 3 is 1.74 bits per heavy atom. The standard InChI is InChI=1S/C74H108ClIN12O12/c1-16-18-29-55-70(96)86(14)59(41-52-27-21-20-25-49(52)8)68(94)79-57(36-46(3)4)71(97)87(15)61(73(99)88-34-22-19-23-35-88)42-63(90)84(12)58(37-47(5)6)69(95)80-66(48(7)17-2)74(100)83(11)44-64(91)81(9)45-65(92)85(13)60(40-50-30-32-53(75)33-31-50)72(98)82(10)43-62(89)77-56(67(93)78-55)39-51-26-24-28-54(76)38-51/h20-21,24-28,30-33,38,46-48,55-61,66H,16-19,22-23,29,34-37,39-45H2,1-15H3,(H,77,89)(H,78,93)(H,79,94)(H,80,95)/t48-,55-,56-,57-,58-,59-,60-,61?,66-/m0/s1.